The molecule has 0 spiro atoms. The number of amides is 2. The molecule has 0 unspecified atom stereocenters. The van der Waals surface area contributed by atoms with Gasteiger partial charge in [-0.3, -0.25) is 14.5 Å². The summed E-state index contributed by atoms with van der Waals surface area (Å²) in [4.78, 5) is 26.5. The zero-order valence-electron chi connectivity index (χ0n) is 18.4. The molecule has 2 aromatic rings. The molecular weight excluding hydrogens is 429 g/mol. The fourth-order valence-electron chi connectivity index (χ4n) is 3.36. The van der Waals surface area contributed by atoms with Crippen LogP contribution in [0.5, 0.6) is 11.5 Å². The van der Waals surface area contributed by atoms with Gasteiger partial charge in [-0.1, -0.05) is 18.2 Å². The Hall–Kier alpha value is -3.06. The van der Waals surface area contributed by atoms with Crippen molar-refractivity contribution in [1.29, 1.82) is 0 Å². The molecule has 32 heavy (non-hydrogen) atoms. The number of benzene rings is 2. The minimum Gasteiger partial charge on any atom is -0.490 e. The van der Waals surface area contributed by atoms with E-state index in [1.165, 1.54) is 17.0 Å². The first kappa shape index (κ1) is 23.6. The van der Waals surface area contributed by atoms with E-state index < -0.39 is 0 Å². The lowest BCUT2D eigenvalue weighted by molar-refractivity contribution is -0.123. The molecule has 2 amide bonds. The summed E-state index contributed by atoms with van der Waals surface area (Å²) in [6.07, 6.45) is 3.95. The summed E-state index contributed by atoms with van der Waals surface area (Å²) in [5.41, 5.74) is 2.23. The van der Waals surface area contributed by atoms with Crippen molar-refractivity contribution in [3.05, 3.63) is 76.5 Å². The number of hydrogen-bond donors (Lipinski definition) is 0. The Kier molecular flexibility index (Phi) is 7.75. The average Bonchev–Trinajstić information content (AvgIpc) is 3.01. The lowest BCUT2D eigenvalue weighted by Gasteiger charge is -2.17. The fraction of sp³-hybridized carbons (Fsp3) is 0.280. The molecule has 1 heterocycles. The Morgan fingerprint density at radius 3 is 2.59 bits per heavy atom. The van der Waals surface area contributed by atoms with Crippen molar-refractivity contribution in [1.82, 2.24) is 4.90 Å². The first-order chi connectivity index (χ1) is 15.3. The molecule has 5 nitrogen and oxygen atoms in total. The van der Waals surface area contributed by atoms with Crippen molar-refractivity contribution < 1.29 is 23.5 Å². The normalized spacial score (nSPS) is 15.0. The first-order valence-corrected chi connectivity index (χ1v) is 11.2. The monoisotopic (exact) mass is 455 g/mol. The number of halogens is 1. The SMILES string of the molecule is C=CCc1cc(/C=C2/SC(=O)N(C(C)C)C2=O)cc(OCC)c1OCc1cccc(F)c1. The summed E-state index contributed by atoms with van der Waals surface area (Å²) in [6, 6.07) is 9.68. The summed E-state index contributed by atoms with van der Waals surface area (Å²) >= 11 is 0.927. The van der Waals surface area contributed by atoms with E-state index in [0.717, 1.165) is 22.9 Å². The van der Waals surface area contributed by atoms with E-state index in [4.69, 9.17) is 9.47 Å². The van der Waals surface area contributed by atoms with Gasteiger partial charge < -0.3 is 9.47 Å². The highest BCUT2D eigenvalue weighted by Crippen LogP contribution is 2.38. The van der Waals surface area contributed by atoms with Crippen LogP contribution in [-0.2, 0) is 17.8 Å². The zero-order valence-corrected chi connectivity index (χ0v) is 19.2. The van der Waals surface area contributed by atoms with E-state index in [9.17, 15) is 14.0 Å². The molecule has 0 atom stereocenters. The Morgan fingerprint density at radius 1 is 1.19 bits per heavy atom. The molecule has 1 aliphatic rings. The Balaban J connectivity index is 1.96. The van der Waals surface area contributed by atoms with Gasteiger partial charge in [0.1, 0.15) is 12.4 Å². The van der Waals surface area contributed by atoms with Crippen LogP contribution in [0.25, 0.3) is 6.08 Å². The van der Waals surface area contributed by atoms with E-state index in [0.29, 0.717) is 35.0 Å². The lowest BCUT2D eigenvalue weighted by Crippen LogP contribution is -2.34. The summed E-state index contributed by atoms with van der Waals surface area (Å²) in [5.74, 6) is 0.429. The standard InChI is InChI=1S/C25H26FNO4S/c1-5-8-19-11-18(14-22-24(28)27(16(3)4)25(29)32-22)13-21(30-6-2)23(19)31-15-17-9-7-10-20(26)12-17/h5,7,9-14,16H,1,6,8,15H2,2-4H3/b22-14+. The van der Waals surface area contributed by atoms with Gasteiger partial charge in [0.2, 0.25) is 0 Å². The van der Waals surface area contributed by atoms with Gasteiger partial charge in [-0.15, -0.1) is 6.58 Å². The Morgan fingerprint density at radius 2 is 1.97 bits per heavy atom. The van der Waals surface area contributed by atoms with E-state index in [2.05, 4.69) is 6.58 Å². The highest BCUT2D eigenvalue weighted by Gasteiger charge is 2.36. The summed E-state index contributed by atoms with van der Waals surface area (Å²) < 4.78 is 25.4. The number of imide groups is 1. The van der Waals surface area contributed by atoms with Gasteiger partial charge in [-0.2, -0.15) is 0 Å². The van der Waals surface area contributed by atoms with Gasteiger partial charge >= 0.3 is 0 Å². The highest BCUT2D eigenvalue weighted by molar-refractivity contribution is 8.18. The van der Waals surface area contributed by atoms with Gasteiger partial charge in [0.05, 0.1) is 11.5 Å². The smallest absolute Gasteiger partial charge is 0.293 e. The molecule has 2 aromatic carbocycles. The van der Waals surface area contributed by atoms with Crippen LogP contribution in [0.2, 0.25) is 0 Å². The molecule has 1 saturated heterocycles. The van der Waals surface area contributed by atoms with Gasteiger partial charge in [0.15, 0.2) is 11.5 Å². The van der Waals surface area contributed by atoms with Crippen LogP contribution in [0, 0.1) is 5.82 Å². The molecule has 3 rings (SSSR count). The predicted octanol–water partition coefficient (Wildman–Crippen LogP) is 5.98. The van der Waals surface area contributed by atoms with Crippen LogP contribution in [0.4, 0.5) is 9.18 Å². The van der Waals surface area contributed by atoms with E-state index in [1.54, 1.807) is 44.2 Å². The number of allylic oxidation sites excluding steroid dienone is 1. The van der Waals surface area contributed by atoms with Crippen LogP contribution in [0.3, 0.4) is 0 Å². The summed E-state index contributed by atoms with van der Waals surface area (Å²) in [7, 11) is 0. The van der Waals surface area contributed by atoms with Gasteiger partial charge in [0.25, 0.3) is 11.1 Å². The van der Waals surface area contributed by atoms with Crippen molar-refractivity contribution in [2.45, 2.75) is 39.8 Å². The van der Waals surface area contributed by atoms with Crippen molar-refractivity contribution in [2.75, 3.05) is 6.61 Å². The second-order valence-electron chi connectivity index (χ2n) is 7.50. The molecule has 1 fully saturated rings. The lowest BCUT2D eigenvalue weighted by atomic mass is 10.0. The third-order valence-electron chi connectivity index (χ3n) is 4.73. The van der Waals surface area contributed by atoms with E-state index >= 15 is 0 Å². The molecule has 7 heteroatoms. The van der Waals surface area contributed by atoms with E-state index in [-0.39, 0.29) is 29.6 Å². The molecular formula is C25H26FNO4S. The number of rotatable bonds is 9. The number of carbonyl (C=O) groups is 2. The minimum absolute atomic E-state index is 0.175. The largest absolute Gasteiger partial charge is 0.490 e. The number of hydrogen-bond acceptors (Lipinski definition) is 5. The Labute approximate surface area is 191 Å². The molecule has 1 aliphatic heterocycles. The van der Waals surface area contributed by atoms with Crippen LogP contribution in [0.15, 0.2) is 54.0 Å². The summed E-state index contributed by atoms with van der Waals surface area (Å²) in [6.45, 7) is 9.88. The molecule has 168 valence electrons. The topological polar surface area (TPSA) is 55.8 Å². The Bertz CT molecular complexity index is 1060. The maximum atomic E-state index is 13.5. The quantitative estimate of drug-likeness (QED) is 0.344. The highest BCUT2D eigenvalue weighted by atomic mass is 32.2. The van der Waals surface area contributed by atoms with Gasteiger partial charge in [-0.25, -0.2) is 4.39 Å². The maximum absolute atomic E-state index is 13.5. The second kappa shape index (κ2) is 10.5. The molecule has 0 saturated carbocycles. The fourth-order valence-corrected chi connectivity index (χ4v) is 4.32. The van der Waals surface area contributed by atoms with Gasteiger partial charge in [-0.05, 0) is 80.4 Å². The van der Waals surface area contributed by atoms with Crippen LogP contribution in [-0.4, -0.2) is 28.7 Å². The third-order valence-corrected chi connectivity index (χ3v) is 5.61. The van der Waals surface area contributed by atoms with Crippen LogP contribution >= 0.6 is 11.8 Å². The van der Waals surface area contributed by atoms with Crippen LogP contribution in [0.1, 0.15) is 37.5 Å². The van der Waals surface area contributed by atoms with Crippen molar-refractivity contribution in [2.24, 2.45) is 0 Å². The maximum Gasteiger partial charge on any atom is 0.293 e. The molecule has 0 aliphatic carbocycles. The molecule has 0 bridgehead atoms. The van der Waals surface area contributed by atoms with Crippen molar-refractivity contribution in [3.63, 3.8) is 0 Å². The number of ether oxygens (including phenoxy) is 2. The minimum atomic E-state index is -0.326. The van der Waals surface area contributed by atoms with Crippen LogP contribution < -0.4 is 9.47 Å². The zero-order chi connectivity index (χ0) is 23.3. The van der Waals surface area contributed by atoms with Gasteiger partial charge in [0, 0.05) is 11.6 Å². The first-order valence-electron chi connectivity index (χ1n) is 10.4. The van der Waals surface area contributed by atoms with Crippen molar-refractivity contribution >= 4 is 29.0 Å². The van der Waals surface area contributed by atoms with Crippen molar-refractivity contribution in [3.8, 4) is 11.5 Å². The average molecular weight is 456 g/mol. The number of nitrogens with zero attached hydrogens (tertiary/aromatic N) is 1. The molecule has 0 radical (unpaired) electrons. The van der Waals surface area contributed by atoms with E-state index in [1.807, 2.05) is 13.0 Å². The molecule has 0 aromatic heterocycles. The third kappa shape index (κ3) is 5.40. The molecule has 0 N–H and O–H groups in total. The second-order valence-corrected chi connectivity index (χ2v) is 8.49. The number of thioether (sulfide) groups is 1. The predicted molar refractivity (Wildman–Crippen MR) is 125 cm³/mol. The summed E-state index contributed by atoms with van der Waals surface area (Å²) in [5, 5.41) is -0.275. The number of carbonyl (C=O) groups excluding carboxylic acids is 2.